The Morgan fingerprint density at radius 3 is 2.62 bits per heavy atom. The highest BCUT2D eigenvalue weighted by atomic mass is 32.2. The third-order valence-corrected chi connectivity index (χ3v) is 4.53. The second kappa shape index (κ2) is 7.51. The molecule has 0 aromatic heterocycles. The maximum absolute atomic E-state index is 12.3. The number of alkyl halides is 3. The van der Waals surface area contributed by atoms with Gasteiger partial charge in [0.1, 0.15) is 0 Å². The van der Waals surface area contributed by atoms with Crippen LogP contribution in [-0.4, -0.2) is 41.8 Å². The van der Waals surface area contributed by atoms with Crippen molar-refractivity contribution < 1.29 is 13.2 Å². The topological polar surface area (TPSA) is 15.3 Å². The van der Waals surface area contributed by atoms with Gasteiger partial charge in [-0.25, -0.2) is 0 Å². The molecule has 1 heterocycles. The monoisotopic (exact) mass is 318 g/mol. The molecular formula is C15H21F3N2S. The summed E-state index contributed by atoms with van der Waals surface area (Å²) in [4.78, 5) is 2.18. The fourth-order valence-electron chi connectivity index (χ4n) is 2.69. The molecule has 21 heavy (non-hydrogen) atoms. The number of halogens is 3. The summed E-state index contributed by atoms with van der Waals surface area (Å²) >= 11 is 0.0712. The zero-order valence-corrected chi connectivity index (χ0v) is 12.9. The molecule has 2 unspecified atom stereocenters. The van der Waals surface area contributed by atoms with Crippen molar-refractivity contribution in [3.63, 3.8) is 0 Å². The van der Waals surface area contributed by atoms with E-state index in [1.54, 1.807) is 0 Å². The highest BCUT2D eigenvalue weighted by Crippen LogP contribution is 2.31. The lowest BCUT2D eigenvalue weighted by Crippen LogP contribution is -2.52. The normalized spacial score (nSPS) is 24.2. The minimum absolute atomic E-state index is 0.0712. The Morgan fingerprint density at radius 2 is 2.00 bits per heavy atom. The van der Waals surface area contributed by atoms with Crippen molar-refractivity contribution in [1.82, 2.24) is 10.2 Å². The second-order valence-corrected chi connectivity index (χ2v) is 6.39. The van der Waals surface area contributed by atoms with Gasteiger partial charge in [-0.3, -0.25) is 4.90 Å². The summed E-state index contributed by atoms with van der Waals surface area (Å²) in [7, 11) is 0. The van der Waals surface area contributed by atoms with Crippen molar-refractivity contribution in [3.05, 3.63) is 35.9 Å². The molecule has 2 nitrogen and oxygen atoms in total. The van der Waals surface area contributed by atoms with Gasteiger partial charge >= 0.3 is 5.51 Å². The van der Waals surface area contributed by atoms with Crippen molar-refractivity contribution in [2.75, 3.05) is 25.4 Å². The SMILES string of the molecule is CCC1CN(CCSC(F)(F)F)C(c2ccccc2)CN1. The van der Waals surface area contributed by atoms with Crippen LogP contribution < -0.4 is 5.32 Å². The van der Waals surface area contributed by atoms with Crippen LogP contribution >= 0.6 is 11.8 Å². The number of thioether (sulfide) groups is 1. The Morgan fingerprint density at radius 1 is 1.29 bits per heavy atom. The maximum atomic E-state index is 12.3. The van der Waals surface area contributed by atoms with Gasteiger partial charge in [-0.1, -0.05) is 37.3 Å². The van der Waals surface area contributed by atoms with E-state index in [4.69, 9.17) is 0 Å². The standard InChI is InChI=1S/C15H21F3N2S/c1-2-13-11-20(8-9-21-15(16,17)18)14(10-19-13)12-6-4-3-5-7-12/h3-7,13-14,19H,2,8-11H2,1H3. The quantitative estimate of drug-likeness (QED) is 0.892. The summed E-state index contributed by atoms with van der Waals surface area (Å²) in [5.41, 5.74) is -2.97. The van der Waals surface area contributed by atoms with Crippen LogP contribution in [0.15, 0.2) is 30.3 Å². The van der Waals surface area contributed by atoms with Gasteiger partial charge in [0, 0.05) is 37.5 Å². The molecule has 118 valence electrons. The Labute approximate surface area is 128 Å². The lowest BCUT2D eigenvalue weighted by Gasteiger charge is -2.40. The largest absolute Gasteiger partial charge is 0.441 e. The molecule has 0 saturated carbocycles. The number of benzene rings is 1. The molecule has 1 aliphatic rings. The average Bonchev–Trinajstić information content (AvgIpc) is 2.46. The van der Waals surface area contributed by atoms with Gasteiger partial charge in [0.05, 0.1) is 0 Å². The summed E-state index contributed by atoms with van der Waals surface area (Å²) in [6.45, 7) is 4.15. The number of nitrogens with zero attached hydrogens (tertiary/aromatic N) is 1. The van der Waals surface area contributed by atoms with Gasteiger partial charge < -0.3 is 5.32 Å². The van der Waals surface area contributed by atoms with E-state index in [0.717, 1.165) is 25.1 Å². The molecular weight excluding hydrogens is 297 g/mol. The molecule has 1 aromatic carbocycles. The van der Waals surface area contributed by atoms with Crippen LogP contribution in [0.4, 0.5) is 13.2 Å². The fraction of sp³-hybridized carbons (Fsp3) is 0.600. The molecule has 1 N–H and O–H groups in total. The summed E-state index contributed by atoms with van der Waals surface area (Å²) in [5.74, 6) is 0.0866. The number of hydrogen-bond acceptors (Lipinski definition) is 3. The van der Waals surface area contributed by atoms with Gasteiger partial charge in [0.2, 0.25) is 0 Å². The van der Waals surface area contributed by atoms with Crippen molar-refractivity contribution in [2.24, 2.45) is 0 Å². The van der Waals surface area contributed by atoms with Gasteiger partial charge in [-0.05, 0) is 23.7 Å². The molecule has 0 spiro atoms. The first-order chi connectivity index (χ1) is 9.99. The number of hydrogen-bond donors (Lipinski definition) is 1. The Kier molecular flexibility index (Phi) is 5.96. The molecule has 1 aliphatic heterocycles. The van der Waals surface area contributed by atoms with Crippen molar-refractivity contribution in [2.45, 2.75) is 30.9 Å². The molecule has 6 heteroatoms. The number of nitrogens with one attached hydrogen (secondary N) is 1. The average molecular weight is 318 g/mol. The molecule has 0 radical (unpaired) electrons. The van der Waals surface area contributed by atoms with Crippen LogP contribution in [0.25, 0.3) is 0 Å². The van der Waals surface area contributed by atoms with E-state index in [1.165, 1.54) is 0 Å². The highest BCUT2D eigenvalue weighted by Gasteiger charge is 2.31. The van der Waals surface area contributed by atoms with Gasteiger partial charge in [0.15, 0.2) is 0 Å². The van der Waals surface area contributed by atoms with Crippen LogP contribution in [-0.2, 0) is 0 Å². The van der Waals surface area contributed by atoms with E-state index in [0.29, 0.717) is 12.6 Å². The predicted octanol–water partition coefficient (Wildman–Crippen LogP) is 3.66. The first-order valence-corrected chi connectivity index (χ1v) is 8.21. The minimum atomic E-state index is -4.14. The highest BCUT2D eigenvalue weighted by molar-refractivity contribution is 8.00. The fourth-order valence-corrected chi connectivity index (χ4v) is 3.24. The molecule has 1 aromatic rings. The number of rotatable bonds is 5. The first-order valence-electron chi connectivity index (χ1n) is 7.22. The smallest absolute Gasteiger partial charge is 0.311 e. The zero-order valence-electron chi connectivity index (χ0n) is 12.1. The Balaban J connectivity index is 2.00. The predicted molar refractivity (Wildman–Crippen MR) is 81.4 cm³/mol. The second-order valence-electron chi connectivity index (χ2n) is 5.23. The summed E-state index contributed by atoms with van der Waals surface area (Å²) < 4.78 is 36.9. The van der Waals surface area contributed by atoms with E-state index in [1.807, 2.05) is 30.3 Å². The van der Waals surface area contributed by atoms with Gasteiger partial charge in [0.25, 0.3) is 0 Å². The molecule has 2 rings (SSSR count). The lowest BCUT2D eigenvalue weighted by atomic mass is 10.0. The Bertz CT molecular complexity index is 425. The summed E-state index contributed by atoms with van der Waals surface area (Å²) in [5, 5.41) is 3.48. The first kappa shape index (κ1) is 16.6. The Hall–Kier alpha value is -0.720. The minimum Gasteiger partial charge on any atom is -0.311 e. The third-order valence-electron chi connectivity index (χ3n) is 3.82. The van der Waals surface area contributed by atoms with Crippen molar-refractivity contribution in [3.8, 4) is 0 Å². The van der Waals surface area contributed by atoms with E-state index in [-0.39, 0.29) is 23.6 Å². The van der Waals surface area contributed by atoms with Gasteiger partial charge in [-0.15, -0.1) is 0 Å². The van der Waals surface area contributed by atoms with E-state index >= 15 is 0 Å². The molecule has 0 aliphatic carbocycles. The molecule has 1 fully saturated rings. The summed E-state index contributed by atoms with van der Waals surface area (Å²) in [6, 6.07) is 10.5. The molecule has 1 saturated heterocycles. The van der Waals surface area contributed by atoms with Gasteiger partial charge in [-0.2, -0.15) is 13.2 Å². The lowest BCUT2D eigenvalue weighted by molar-refractivity contribution is -0.0329. The van der Waals surface area contributed by atoms with Crippen molar-refractivity contribution in [1.29, 1.82) is 0 Å². The van der Waals surface area contributed by atoms with Crippen molar-refractivity contribution >= 4 is 11.8 Å². The third kappa shape index (κ3) is 5.20. The van der Waals surface area contributed by atoms with Crippen LogP contribution in [0, 0.1) is 0 Å². The number of piperazine rings is 1. The van der Waals surface area contributed by atoms with Crippen LogP contribution in [0.3, 0.4) is 0 Å². The van der Waals surface area contributed by atoms with E-state index in [2.05, 4.69) is 17.1 Å². The molecule has 0 bridgehead atoms. The van der Waals surface area contributed by atoms with Crippen LogP contribution in [0.2, 0.25) is 0 Å². The van der Waals surface area contributed by atoms with Crippen LogP contribution in [0.5, 0.6) is 0 Å². The van der Waals surface area contributed by atoms with Crippen LogP contribution in [0.1, 0.15) is 24.9 Å². The molecule has 0 amide bonds. The van der Waals surface area contributed by atoms with E-state index in [9.17, 15) is 13.2 Å². The summed E-state index contributed by atoms with van der Waals surface area (Å²) in [6.07, 6.45) is 0.990. The maximum Gasteiger partial charge on any atom is 0.441 e. The zero-order chi connectivity index (χ0) is 15.3. The molecule has 2 atom stereocenters. The van der Waals surface area contributed by atoms with E-state index < -0.39 is 5.51 Å².